The molecule has 0 nitrogen and oxygen atoms in total. The van der Waals surface area contributed by atoms with Crippen molar-refractivity contribution in [1.29, 1.82) is 0 Å². The summed E-state index contributed by atoms with van der Waals surface area (Å²) in [5.41, 5.74) is 8.00. The summed E-state index contributed by atoms with van der Waals surface area (Å²) in [4.78, 5) is 0. The van der Waals surface area contributed by atoms with Crippen LogP contribution in [0.1, 0.15) is 28.7 Å². The second kappa shape index (κ2) is 23.1. The van der Waals surface area contributed by atoms with Gasteiger partial charge in [-0.05, 0) is 6.42 Å². The zero-order chi connectivity index (χ0) is 21.1. The van der Waals surface area contributed by atoms with E-state index in [-0.39, 0.29) is 102 Å². The van der Waals surface area contributed by atoms with Gasteiger partial charge in [0.1, 0.15) is 0 Å². The number of allylic oxidation sites excluding steroid dienone is 4. The first-order valence-electron chi connectivity index (χ1n) is 10.6. The van der Waals surface area contributed by atoms with E-state index < -0.39 is 0 Å². The normalized spacial score (nSPS) is 10.1. The van der Waals surface area contributed by atoms with E-state index in [0.29, 0.717) is 0 Å². The molecule has 6 heteroatoms. The topological polar surface area (TPSA) is 0 Å². The van der Waals surface area contributed by atoms with E-state index in [0.717, 1.165) is 12.8 Å². The molecule has 4 aromatic rings. The van der Waals surface area contributed by atoms with E-state index in [1.807, 2.05) is 30.4 Å². The van der Waals surface area contributed by atoms with Crippen molar-refractivity contribution in [3.8, 4) is 11.1 Å². The van der Waals surface area contributed by atoms with E-state index in [2.05, 4.69) is 110 Å². The maximum Gasteiger partial charge on any atom is 3.00 e. The van der Waals surface area contributed by atoms with Gasteiger partial charge in [-0.3, -0.25) is 6.08 Å². The summed E-state index contributed by atoms with van der Waals surface area (Å²) in [6, 6.07) is 38.8. The molecule has 2 aliphatic carbocycles. The molecule has 0 bridgehead atoms. The minimum absolute atomic E-state index is 0. The minimum atomic E-state index is 0. The molecular formula is C31H29Cl4Zr2. The van der Waals surface area contributed by atoms with E-state index in [1.165, 1.54) is 33.4 Å². The molecule has 0 aliphatic heterocycles. The Bertz CT molecular complexity index is 1070. The molecule has 0 saturated carbocycles. The van der Waals surface area contributed by atoms with Crippen LogP contribution in [-0.2, 0) is 58.8 Å². The van der Waals surface area contributed by atoms with Crippen molar-refractivity contribution in [2.45, 2.75) is 12.8 Å². The molecule has 0 amide bonds. The molecular weight excluding hydrogens is 697 g/mol. The van der Waals surface area contributed by atoms with Crippen molar-refractivity contribution < 1.29 is 52.4 Å². The van der Waals surface area contributed by atoms with E-state index >= 15 is 0 Å². The van der Waals surface area contributed by atoms with Gasteiger partial charge in [0.15, 0.2) is 0 Å². The standard InChI is InChI=1S/C13H9.C13H11.C5H5.4ClH.2Zr/c1-3-7-12-10(5-1)9-11-6-2-4-8-13(11)12;1-3-7-12(8-4-1)11-13-9-5-2-6-10-13;1-2-4-5-3-1;;;;;;/h1-5,7-8H,9H2;1-11H;1-3H,4H2;4*1H;;/q3*-1;;;;;;+3. The Kier molecular flexibility index (Phi) is 25.4. The number of rotatable bonds is 2. The van der Waals surface area contributed by atoms with Crippen molar-refractivity contribution in [2.24, 2.45) is 0 Å². The summed E-state index contributed by atoms with van der Waals surface area (Å²) >= 11 is 0. The largest absolute Gasteiger partial charge is 3.00 e. The van der Waals surface area contributed by atoms with E-state index in [9.17, 15) is 0 Å². The van der Waals surface area contributed by atoms with Gasteiger partial charge in [-0.1, -0.05) is 71.8 Å². The van der Waals surface area contributed by atoms with Crippen LogP contribution >= 0.6 is 49.6 Å². The van der Waals surface area contributed by atoms with Crippen molar-refractivity contribution in [1.82, 2.24) is 0 Å². The average molecular weight is 726 g/mol. The molecule has 0 N–H and O–H groups in total. The van der Waals surface area contributed by atoms with E-state index in [1.54, 1.807) is 0 Å². The molecule has 0 saturated heterocycles. The van der Waals surface area contributed by atoms with Crippen LogP contribution in [0.3, 0.4) is 0 Å². The van der Waals surface area contributed by atoms with Crippen molar-refractivity contribution in [3.05, 3.63) is 162 Å². The molecule has 0 unspecified atom stereocenters. The number of benzene rings is 4. The first kappa shape index (κ1) is 40.6. The van der Waals surface area contributed by atoms with Crippen molar-refractivity contribution >= 4 is 49.6 Å². The van der Waals surface area contributed by atoms with Gasteiger partial charge in [0, 0.05) is 26.2 Å². The summed E-state index contributed by atoms with van der Waals surface area (Å²) < 4.78 is 0. The van der Waals surface area contributed by atoms with Gasteiger partial charge < -0.3 is 0 Å². The summed E-state index contributed by atoms with van der Waals surface area (Å²) in [7, 11) is 0. The number of fused-ring (bicyclic) bond motifs is 3. The van der Waals surface area contributed by atoms with Gasteiger partial charge in [-0.15, -0.1) is 103 Å². The molecule has 0 aromatic heterocycles. The molecule has 0 heterocycles. The van der Waals surface area contributed by atoms with Crippen LogP contribution in [0.4, 0.5) is 0 Å². The van der Waals surface area contributed by atoms with Crippen molar-refractivity contribution in [3.63, 3.8) is 0 Å². The predicted octanol–water partition coefficient (Wildman–Crippen LogP) is 9.33. The number of hydrogen-bond acceptors (Lipinski definition) is 0. The Morgan fingerprint density at radius 3 is 1.68 bits per heavy atom. The van der Waals surface area contributed by atoms with Gasteiger partial charge in [0.25, 0.3) is 0 Å². The van der Waals surface area contributed by atoms with Crippen LogP contribution in [0.2, 0.25) is 0 Å². The van der Waals surface area contributed by atoms with Crippen LogP contribution in [0, 0.1) is 18.6 Å². The summed E-state index contributed by atoms with van der Waals surface area (Å²) in [6.45, 7) is 0. The molecule has 0 atom stereocenters. The smallest absolute Gasteiger partial charge is 0.273 e. The van der Waals surface area contributed by atoms with Crippen LogP contribution in [0.5, 0.6) is 0 Å². The maximum absolute atomic E-state index is 3.30. The minimum Gasteiger partial charge on any atom is -0.273 e. The monoisotopic (exact) mass is 721 g/mol. The molecule has 0 fully saturated rings. The Balaban J connectivity index is -0.000000464. The van der Waals surface area contributed by atoms with Gasteiger partial charge in [-0.25, -0.2) is 12.2 Å². The van der Waals surface area contributed by atoms with Crippen LogP contribution in [0.15, 0.2) is 121 Å². The molecule has 4 aromatic carbocycles. The van der Waals surface area contributed by atoms with E-state index in [4.69, 9.17) is 0 Å². The molecule has 1 radical (unpaired) electrons. The first-order chi connectivity index (χ1) is 15.4. The fourth-order valence-corrected chi connectivity index (χ4v) is 3.63. The second-order valence-corrected chi connectivity index (χ2v) is 7.37. The van der Waals surface area contributed by atoms with Gasteiger partial charge in [0.2, 0.25) is 0 Å². The molecule has 37 heavy (non-hydrogen) atoms. The Morgan fingerprint density at radius 2 is 1.16 bits per heavy atom. The first-order valence-corrected chi connectivity index (χ1v) is 10.6. The molecule has 6 rings (SSSR count). The zero-order valence-corrected chi connectivity index (χ0v) is 28.4. The maximum atomic E-state index is 3.30. The number of halogens is 4. The average Bonchev–Trinajstić information content (AvgIpc) is 3.53. The predicted molar refractivity (Wildman–Crippen MR) is 159 cm³/mol. The van der Waals surface area contributed by atoms with Gasteiger partial charge in [-0.2, -0.15) is 35.9 Å². The summed E-state index contributed by atoms with van der Waals surface area (Å²) in [5.74, 6) is 0. The molecule has 2 aliphatic rings. The quantitative estimate of drug-likeness (QED) is 0.159. The third-order valence-corrected chi connectivity index (χ3v) is 5.13. The summed E-state index contributed by atoms with van der Waals surface area (Å²) in [5, 5.41) is 0. The Labute approximate surface area is 285 Å². The van der Waals surface area contributed by atoms with Crippen LogP contribution in [0.25, 0.3) is 11.1 Å². The SMILES string of the molecule is Cl.Cl.Cl.Cl.[C-]1=CC=CC1.[Zr+3].[Zr].[c-]1cccc2c1Cc1ccccc1-2.c1ccc([CH-]c2ccccc2)cc1. The Hall–Kier alpha value is -0.844. The molecule has 0 spiro atoms. The van der Waals surface area contributed by atoms with Crippen LogP contribution in [-0.4, -0.2) is 0 Å². The van der Waals surface area contributed by atoms with Crippen molar-refractivity contribution in [2.75, 3.05) is 0 Å². The molecule has 189 valence electrons. The number of hydrogen-bond donors (Lipinski definition) is 0. The Morgan fingerprint density at radius 1 is 0.622 bits per heavy atom. The zero-order valence-electron chi connectivity index (χ0n) is 20.2. The van der Waals surface area contributed by atoms with Crippen LogP contribution < -0.4 is 0 Å². The fraction of sp³-hybridized carbons (Fsp3) is 0.0645. The van der Waals surface area contributed by atoms with Gasteiger partial charge >= 0.3 is 26.2 Å². The third-order valence-electron chi connectivity index (χ3n) is 5.13. The second-order valence-electron chi connectivity index (χ2n) is 7.37. The fourth-order valence-electron chi connectivity index (χ4n) is 3.63. The summed E-state index contributed by atoms with van der Waals surface area (Å²) in [6.07, 6.45) is 13.2. The van der Waals surface area contributed by atoms with Gasteiger partial charge in [0.05, 0.1) is 0 Å². The third kappa shape index (κ3) is 13.2.